The lowest BCUT2D eigenvalue weighted by Gasteiger charge is -2.44. The summed E-state index contributed by atoms with van der Waals surface area (Å²) in [6.45, 7) is 16.8. The van der Waals surface area contributed by atoms with Crippen LogP contribution < -0.4 is 0 Å². The predicted molar refractivity (Wildman–Crippen MR) is 155 cm³/mol. The Kier molecular flexibility index (Phi) is 8.64. The van der Waals surface area contributed by atoms with Crippen molar-refractivity contribution in [3.8, 4) is 0 Å². The normalized spacial score (nSPS) is 32.4. The van der Waals surface area contributed by atoms with Crippen LogP contribution in [0.2, 0.25) is 0 Å². The summed E-state index contributed by atoms with van der Waals surface area (Å²) in [5.74, 6) is -1.79. The third kappa shape index (κ3) is 5.38. The van der Waals surface area contributed by atoms with Crippen molar-refractivity contribution in [2.45, 2.75) is 110 Å². The fraction of sp³-hybridized carbons (Fsp3) is 0.781. The third-order valence-electron chi connectivity index (χ3n) is 9.13. The molecule has 2 fully saturated rings. The molecule has 0 aromatic heterocycles. The number of hydrogen-bond acceptors (Lipinski definition) is 5. The van der Waals surface area contributed by atoms with Crippen LogP contribution in [-0.2, 0) is 19.1 Å². The lowest BCUT2D eigenvalue weighted by Crippen LogP contribution is -2.60. The maximum Gasteiger partial charge on any atom is 0.249 e. The summed E-state index contributed by atoms with van der Waals surface area (Å²) in [4.78, 5) is 48.7. The molecule has 8 heteroatoms. The SMILES string of the molecule is CCCN1CC=C[C@@]2(C)O[C@]34C=CCN(C(C)(C)CC(C)(C)C)C(=O)C3N(CCCCCCO)C(=O)[C@@H]4[C@H]2C1=O. The van der Waals surface area contributed by atoms with E-state index in [9.17, 15) is 19.5 Å². The molecule has 4 aliphatic rings. The lowest BCUT2D eigenvalue weighted by atomic mass is 9.74. The van der Waals surface area contributed by atoms with Crippen LogP contribution in [0, 0.1) is 17.3 Å². The Balaban J connectivity index is 1.78. The highest BCUT2D eigenvalue weighted by Gasteiger charge is 2.74. The Labute approximate surface area is 240 Å². The van der Waals surface area contributed by atoms with E-state index in [-0.39, 0.29) is 29.7 Å². The maximum absolute atomic E-state index is 14.7. The average Bonchev–Trinajstić information content (AvgIpc) is 3.10. The van der Waals surface area contributed by atoms with Gasteiger partial charge in [-0.2, -0.15) is 0 Å². The number of ether oxygens (including phenoxy) is 1. The Morgan fingerprint density at radius 2 is 1.57 bits per heavy atom. The van der Waals surface area contributed by atoms with Gasteiger partial charge in [0.2, 0.25) is 17.7 Å². The molecule has 0 aromatic carbocycles. The molecule has 0 saturated carbocycles. The van der Waals surface area contributed by atoms with Crippen LogP contribution in [0.3, 0.4) is 0 Å². The van der Waals surface area contributed by atoms with Gasteiger partial charge in [-0.15, -0.1) is 0 Å². The van der Waals surface area contributed by atoms with Crippen LogP contribution in [-0.4, -0.2) is 93.1 Å². The van der Waals surface area contributed by atoms with E-state index >= 15 is 0 Å². The van der Waals surface area contributed by atoms with Gasteiger partial charge in [0.15, 0.2) is 0 Å². The number of likely N-dealkylation sites (tertiary alicyclic amines) is 1. The number of rotatable bonds is 10. The summed E-state index contributed by atoms with van der Waals surface area (Å²) in [5.41, 5.74) is -2.63. The zero-order valence-corrected chi connectivity index (χ0v) is 25.7. The van der Waals surface area contributed by atoms with E-state index in [1.165, 1.54) is 0 Å². The molecule has 8 nitrogen and oxygen atoms in total. The first-order valence-electron chi connectivity index (χ1n) is 15.3. The van der Waals surface area contributed by atoms with Crippen LogP contribution in [0.1, 0.15) is 87.0 Å². The average molecular weight is 558 g/mol. The first kappa shape index (κ1) is 30.8. The highest BCUT2D eigenvalue weighted by atomic mass is 16.5. The highest BCUT2D eigenvalue weighted by Crippen LogP contribution is 2.57. The van der Waals surface area contributed by atoms with Crippen molar-refractivity contribution in [2.75, 3.05) is 32.8 Å². The van der Waals surface area contributed by atoms with Gasteiger partial charge in [-0.25, -0.2) is 0 Å². The summed E-state index contributed by atoms with van der Waals surface area (Å²) in [7, 11) is 0. The van der Waals surface area contributed by atoms with Gasteiger partial charge in [0.05, 0.1) is 17.4 Å². The van der Waals surface area contributed by atoms with Crippen molar-refractivity contribution in [1.29, 1.82) is 0 Å². The van der Waals surface area contributed by atoms with Crippen molar-refractivity contribution in [2.24, 2.45) is 17.3 Å². The Morgan fingerprint density at radius 3 is 2.23 bits per heavy atom. The molecular formula is C32H51N3O5. The molecule has 4 heterocycles. The summed E-state index contributed by atoms with van der Waals surface area (Å²) < 4.78 is 6.94. The maximum atomic E-state index is 14.7. The summed E-state index contributed by atoms with van der Waals surface area (Å²) in [6, 6.07) is -0.828. The molecule has 0 bridgehead atoms. The summed E-state index contributed by atoms with van der Waals surface area (Å²) in [6.07, 6.45) is 12.6. The molecule has 0 radical (unpaired) electrons. The number of carbonyl (C=O) groups excluding carboxylic acids is 3. The van der Waals surface area contributed by atoms with Crippen molar-refractivity contribution in [3.05, 3.63) is 24.3 Å². The lowest BCUT2D eigenvalue weighted by molar-refractivity contribution is -0.156. The number of aliphatic hydroxyl groups excluding tert-OH is 1. The predicted octanol–water partition coefficient (Wildman–Crippen LogP) is 3.93. The van der Waals surface area contributed by atoms with E-state index in [2.05, 4.69) is 34.6 Å². The molecule has 1 unspecified atom stereocenters. The smallest absolute Gasteiger partial charge is 0.249 e. The van der Waals surface area contributed by atoms with Gasteiger partial charge in [0, 0.05) is 38.3 Å². The number of nitrogens with zero attached hydrogens (tertiary/aromatic N) is 3. The molecule has 2 saturated heterocycles. The minimum atomic E-state index is -1.21. The van der Waals surface area contributed by atoms with Crippen LogP contribution in [0.4, 0.5) is 0 Å². The van der Waals surface area contributed by atoms with Crippen LogP contribution in [0.15, 0.2) is 24.3 Å². The number of aliphatic hydroxyl groups is 1. The number of unbranched alkanes of at least 4 members (excludes halogenated alkanes) is 3. The zero-order chi connectivity index (χ0) is 29.5. The van der Waals surface area contributed by atoms with Crippen molar-refractivity contribution in [3.63, 3.8) is 0 Å². The minimum Gasteiger partial charge on any atom is -0.396 e. The van der Waals surface area contributed by atoms with Gasteiger partial charge < -0.3 is 24.5 Å². The Bertz CT molecular complexity index is 1050. The van der Waals surface area contributed by atoms with Gasteiger partial charge in [-0.05, 0) is 51.9 Å². The van der Waals surface area contributed by atoms with E-state index in [0.717, 1.165) is 38.5 Å². The molecular weight excluding hydrogens is 506 g/mol. The highest BCUT2D eigenvalue weighted by molar-refractivity contribution is 6.00. The van der Waals surface area contributed by atoms with E-state index in [0.29, 0.717) is 26.2 Å². The quantitative estimate of drug-likeness (QED) is 0.325. The van der Waals surface area contributed by atoms with Crippen molar-refractivity contribution in [1.82, 2.24) is 14.7 Å². The fourth-order valence-corrected chi connectivity index (χ4v) is 7.97. The molecule has 224 valence electrons. The van der Waals surface area contributed by atoms with E-state index in [1.54, 1.807) is 4.90 Å². The topological polar surface area (TPSA) is 90.4 Å². The molecule has 0 aromatic rings. The second-order valence-corrected chi connectivity index (χ2v) is 14.3. The van der Waals surface area contributed by atoms with Crippen molar-refractivity contribution < 1.29 is 24.2 Å². The standard InChI is InChI=1S/C32H51N3O5/c1-8-17-33-18-13-15-31(7)23(26(33)37)24-27(38)34(19-11-9-10-12-21-36)25-28(39)35(20-14-16-32(24,25)40-31)30(5,6)22-29(2,3)4/h13-16,23-25,36H,8-12,17-22H2,1-7H3/t23-,24-,25?,31+,32-/m0/s1. The van der Waals surface area contributed by atoms with Crippen LogP contribution in [0.25, 0.3) is 0 Å². The van der Waals surface area contributed by atoms with Gasteiger partial charge in [0.1, 0.15) is 11.6 Å². The van der Waals surface area contributed by atoms with Crippen LogP contribution >= 0.6 is 0 Å². The molecule has 0 aliphatic carbocycles. The number of carbonyl (C=O) groups is 3. The molecule has 1 spiro atoms. The molecule has 5 atom stereocenters. The van der Waals surface area contributed by atoms with Gasteiger partial charge >= 0.3 is 0 Å². The van der Waals surface area contributed by atoms with E-state index < -0.39 is 34.6 Å². The third-order valence-corrected chi connectivity index (χ3v) is 9.13. The minimum absolute atomic E-state index is 0.00237. The second kappa shape index (κ2) is 11.2. The number of fused-ring (bicyclic) bond motifs is 2. The monoisotopic (exact) mass is 557 g/mol. The van der Waals surface area contributed by atoms with Gasteiger partial charge in [-0.3, -0.25) is 14.4 Å². The largest absolute Gasteiger partial charge is 0.396 e. The van der Waals surface area contributed by atoms with Crippen molar-refractivity contribution >= 4 is 17.7 Å². The molecule has 3 amide bonds. The van der Waals surface area contributed by atoms with E-state index in [4.69, 9.17) is 4.74 Å². The number of hydrogen-bond donors (Lipinski definition) is 1. The fourth-order valence-electron chi connectivity index (χ4n) is 7.97. The van der Waals surface area contributed by atoms with E-state index in [1.807, 2.05) is 48.0 Å². The summed E-state index contributed by atoms with van der Waals surface area (Å²) >= 11 is 0. The van der Waals surface area contributed by atoms with Gasteiger partial charge in [0.25, 0.3) is 0 Å². The Morgan fingerprint density at radius 1 is 0.900 bits per heavy atom. The second-order valence-electron chi connectivity index (χ2n) is 14.3. The van der Waals surface area contributed by atoms with Crippen LogP contribution in [0.5, 0.6) is 0 Å². The number of amides is 3. The first-order valence-corrected chi connectivity index (χ1v) is 15.3. The Hall–Kier alpha value is -2.19. The molecule has 4 aliphatic heterocycles. The molecule has 1 N–H and O–H groups in total. The zero-order valence-electron chi connectivity index (χ0n) is 25.7. The molecule has 40 heavy (non-hydrogen) atoms. The summed E-state index contributed by atoms with van der Waals surface area (Å²) in [5, 5.41) is 9.19. The molecule has 4 rings (SSSR count). The first-order chi connectivity index (χ1) is 18.7. The van der Waals surface area contributed by atoms with Gasteiger partial charge in [-0.1, -0.05) is 64.8 Å².